The Kier molecular flexibility index (Phi) is 32.5. The average Bonchev–Trinajstić information content (AvgIpc) is 3.34. The minimum atomic E-state index is -1.96. The number of primary amides is 1. The summed E-state index contributed by atoms with van der Waals surface area (Å²) in [5, 5.41) is 63.2. The number of carboxylic acids is 2. The molecule has 0 aromatic rings. The third-order valence-corrected chi connectivity index (χ3v) is 10.4. The normalized spacial score (nSPS) is 14.1. The predicted octanol–water partition coefficient (Wildman–Crippen LogP) is -11.2. The monoisotopic (exact) mass is 1110 g/mol. The summed E-state index contributed by atoms with van der Waals surface area (Å²) >= 11 is 7.89. The second-order valence-electron chi connectivity index (χ2n) is 15.7. The number of carboxylic acid groups (broad SMARTS) is 2. The maximum absolute atomic E-state index is 13.5. The third-order valence-electron chi connectivity index (χ3n) is 9.69. The Bertz CT molecular complexity index is 2100. The summed E-state index contributed by atoms with van der Waals surface area (Å²) in [6.07, 6.45) is -2.33. The molecule has 0 aromatic heterocycles. The Morgan fingerprint density at radius 3 is 1.24 bits per heavy atom. The lowest BCUT2D eigenvalue weighted by Crippen LogP contribution is -2.59. The lowest BCUT2D eigenvalue weighted by molar-refractivity contribution is -0.141. The molecular formula is C39H67N17O17S2. The van der Waals surface area contributed by atoms with Crippen molar-refractivity contribution >= 4 is 114 Å². The molecule has 0 bridgehead atoms. The minimum Gasteiger partial charge on any atom is -0.481 e. The Morgan fingerprint density at radius 1 is 0.493 bits per heavy atom. The Labute approximate surface area is 438 Å². The van der Waals surface area contributed by atoms with E-state index in [1.807, 2.05) is 10.6 Å². The maximum Gasteiger partial charge on any atom is 0.305 e. The number of nitrogens with two attached hydrogens (primary N) is 4. The molecule has 23 N–H and O–H groups in total. The van der Waals surface area contributed by atoms with E-state index in [-0.39, 0.29) is 62.2 Å². The van der Waals surface area contributed by atoms with Crippen LogP contribution in [-0.4, -0.2) is 216 Å². The molecule has 11 amide bonds. The summed E-state index contributed by atoms with van der Waals surface area (Å²) in [7, 11) is 1.37. The van der Waals surface area contributed by atoms with Crippen LogP contribution in [0.4, 0.5) is 0 Å². The van der Waals surface area contributed by atoms with Gasteiger partial charge in [-0.2, -0.15) is 25.3 Å². The van der Waals surface area contributed by atoms with Crippen LogP contribution in [-0.2, 0) is 62.3 Å². The molecule has 0 aliphatic carbocycles. The van der Waals surface area contributed by atoms with Gasteiger partial charge in [0.05, 0.1) is 39.1 Å². The average molecular weight is 1110 g/mol. The van der Waals surface area contributed by atoms with Crippen LogP contribution in [0.1, 0.15) is 45.4 Å². The highest BCUT2D eigenvalue weighted by Gasteiger charge is 2.33. The third kappa shape index (κ3) is 28.3. The van der Waals surface area contributed by atoms with E-state index in [1.165, 1.54) is 7.05 Å². The second kappa shape index (κ2) is 36.2. The fraction of sp³-hybridized carbons (Fsp3) is 0.615. The molecule has 0 aliphatic heterocycles. The summed E-state index contributed by atoms with van der Waals surface area (Å²) in [5.74, 6) is -15.7. The van der Waals surface area contributed by atoms with E-state index < -0.39 is 164 Å². The van der Waals surface area contributed by atoms with Gasteiger partial charge in [-0.05, 0) is 25.7 Å². The van der Waals surface area contributed by atoms with Crippen LogP contribution in [0.15, 0.2) is 9.98 Å². The topological polar surface area (TPSA) is 564 Å². The van der Waals surface area contributed by atoms with Crippen LogP contribution < -0.4 is 81.4 Å². The molecule has 0 aromatic carbocycles. The molecular weight excluding hydrogens is 1040 g/mol. The van der Waals surface area contributed by atoms with E-state index in [1.54, 1.807) is 0 Å². The van der Waals surface area contributed by atoms with Crippen molar-refractivity contribution in [3.8, 4) is 0 Å². The van der Waals surface area contributed by atoms with Gasteiger partial charge in [0.15, 0.2) is 11.9 Å². The molecule has 0 radical (unpaired) electrons. The Morgan fingerprint density at radius 2 is 0.880 bits per heavy atom. The van der Waals surface area contributed by atoms with Crippen LogP contribution in [0.2, 0.25) is 0 Å². The fourth-order valence-corrected chi connectivity index (χ4v) is 6.41. The van der Waals surface area contributed by atoms with Crippen molar-refractivity contribution in [3.05, 3.63) is 0 Å². The molecule has 0 fully saturated rings. The zero-order chi connectivity index (χ0) is 57.4. The summed E-state index contributed by atoms with van der Waals surface area (Å²) in [6, 6.07) is -13.0. The minimum absolute atomic E-state index is 0.00456. The number of carbonyl (C=O) groups is 13. The highest BCUT2D eigenvalue weighted by molar-refractivity contribution is 7.80. The maximum atomic E-state index is 13.5. The van der Waals surface area contributed by atoms with Gasteiger partial charge < -0.3 is 102 Å². The summed E-state index contributed by atoms with van der Waals surface area (Å²) in [6.45, 7) is -2.88. The van der Waals surface area contributed by atoms with Crippen LogP contribution in [0.3, 0.4) is 0 Å². The number of nitrogens with one attached hydrogen (secondary N) is 11. The van der Waals surface area contributed by atoms with Crippen LogP contribution in [0, 0.1) is 0 Å². The van der Waals surface area contributed by atoms with Gasteiger partial charge in [0, 0.05) is 38.6 Å². The fourth-order valence-electron chi connectivity index (χ4n) is 5.88. The first-order valence-electron chi connectivity index (χ1n) is 22.3. The number of carbonyl (C=O) groups excluding carboxylic acids is 11. The summed E-state index contributed by atoms with van der Waals surface area (Å²) in [5.41, 5.74) is 21.4. The molecule has 0 unspecified atom stereocenters. The Balaban J connectivity index is 6.15. The number of aliphatic hydroxyl groups is 2. The first-order chi connectivity index (χ1) is 35.2. The van der Waals surface area contributed by atoms with Crippen molar-refractivity contribution in [2.24, 2.45) is 32.9 Å². The molecule has 0 saturated heterocycles. The largest absolute Gasteiger partial charge is 0.481 e. The lowest BCUT2D eigenvalue weighted by Gasteiger charge is -2.24. The highest BCUT2D eigenvalue weighted by Crippen LogP contribution is 2.04. The number of guanidine groups is 2. The van der Waals surface area contributed by atoms with Crippen molar-refractivity contribution in [2.45, 2.75) is 93.8 Å². The van der Waals surface area contributed by atoms with E-state index in [4.69, 9.17) is 22.9 Å². The van der Waals surface area contributed by atoms with Gasteiger partial charge in [0.25, 0.3) is 0 Å². The number of aliphatic carboxylic acids is 2. The zero-order valence-corrected chi connectivity index (χ0v) is 42.5. The summed E-state index contributed by atoms with van der Waals surface area (Å²) < 4.78 is 0. The number of hydrogen-bond acceptors (Lipinski definition) is 19. The molecule has 36 heteroatoms. The Hall–Kier alpha value is -7.73. The molecule has 8 atom stereocenters. The van der Waals surface area contributed by atoms with Crippen molar-refractivity contribution in [1.82, 2.24) is 58.5 Å². The molecule has 0 saturated carbocycles. The first kappa shape index (κ1) is 67.3. The predicted molar refractivity (Wildman–Crippen MR) is 267 cm³/mol. The standard InChI is InChI=1S/C39H67N17O17S2/c1-17(59)49-25(16-75)37(73)53-19(5-3-7-45-38(41)42)32(68)48-12-27(61)50-20(9-28(62)63)33(69)54-22(13-57)35(71)52-18(6-4-8-46-39(43)44-2)31(67)47-11-26(60)51-21(10-29(64)65)34(70)55-23(14-58)36(72)56-24(15-74)30(40)66/h18-25,57-58,74-75H,3-16H2,1-2H3,(H2,40,66)(H,47,67)(H,48,68)(H,49,59)(H,50,61)(H,51,60)(H,52,71)(H,53,73)(H,54,69)(H,55,70)(H,56,72)(H,62,63)(H,64,65)(H4,41,42,45)(H3,43,44,46)/t18-,19-,20-,21-,22-,23-,24-,25-/m0/s1. The van der Waals surface area contributed by atoms with E-state index in [0.29, 0.717) is 0 Å². The highest BCUT2D eigenvalue weighted by atomic mass is 32.1. The van der Waals surface area contributed by atoms with Gasteiger partial charge in [-0.1, -0.05) is 0 Å². The zero-order valence-electron chi connectivity index (χ0n) is 40.7. The lowest BCUT2D eigenvalue weighted by atomic mass is 10.1. The number of nitrogens with zero attached hydrogens (tertiary/aromatic N) is 2. The van der Waals surface area contributed by atoms with Crippen molar-refractivity contribution in [3.63, 3.8) is 0 Å². The number of rotatable bonds is 36. The van der Waals surface area contributed by atoms with Gasteiger partial charge in [-0.25, -0.2) is 0 Å². The summed E-state index contributed by atoms with van der Waals surface area (Å²) in [4.78, 5) is 172. The van der Waals surface area contributed by atoms with E-state index in [9.17, 15) is 82.8 Å². The molecule has 75 heavy (non-hydrogen) atoms. The van der Waals surface area contributed by atoms with E-state index >= 15 is 0 Å². The number of hydrogen-bond donors (Lipinski definition) is 21. The smallest absolute Gasteiger partial charge is 0.305 e. The molecule has 0 rings (SSSR count). The van der Waals surface area contributed by atoms with Crippen molar-refractivity contribution < 1.29 is 82.8 Å². The number of aliphatic hydroxyl groups excluding tert-OH is 2. The van der Waals surface area contributed by atoms with Crippen LogP contribution in [0.25, 0.3) is 0 Å². The van der Waals surface area contributed by atoms with Crippen LogP contribution >= 0.6 is 25.3 Å². The van der Waals surface area contributed by atoms with Gasteiger partial charge in [-0.3, -0.25) is 72.3 Å². The van der Waals surface area contributed by atoms with Gasteiger partial charge in [0.1, 0.15) is 48.3 Å². The number of amides is 11. The number of thiol groups is 2. The first-order valence-corrected chi connectivity index (χ1v) is 23.6. The van der Waals surface area contributed by atoms with Gasteiger partial charge >= 0.3 is 11.9 Å². The van der Waals surface area contributed by atoms with Gasteiger partial charge in [0.2, 0.25) is 65.0 Å². The number of aliphatic imine (C=N–C) groups is 2. The molecule has 34 nitrogen and oxygen atoms in total. The van der Waals surface area contributed by atoms with E-state index in [2.05, 4.69) is 83.1 Å². The quantitative estimate of drug-likeness (QED) is 0.0120. The molecule has 0 spiro atoms. The second-order valence-corrected chi connectivity index (χ2v) is 16.4. The van der Waals surface area contributed by atoms with E-state index in [0.717, 1.165) is 6.92 Å². The van der Waals surface area contributed by atoms with Crippen molar-refractivity contribution in [1.29, 1.82) is 0 Å². The SMILES string of the molecule is CN=C(N)NCCC[C@H](NC(=O)[C@H](CO)NC(=O)[C@H](CC(=O)O)NC(=O)CNC(=O)[C@H](CCCN=C(N)N)NC(=O)[C@H](CS)NC(C)=O)C(=O)NCC(=O)N[C@@H](CC(=O)O)C(=O)N[C@@H](CO)C(=O)N[C@@H](CS)C(N)=O. The van der Waals surface area contributed by atoms with Gasteiger partial charge in [-0.15, -0.1) is 0 Å². The van der Waals surface area contributed by atoms with Crippen LogP contribution in [0.5, 0.6) is 0 Å². The molecule has 0 aliphatic rings. The molecule has 422 valence electrons. The molecule has 0 heterocycles. The van der Waals surface area contributed by atoms with Crippen molar-refractivity contribution in [2.75, 3.05) is 57.9 Å².